The van der Waals surface area contributed by atoms with Crippen molar-refractivity contribution in [1.82, 2.24) is 15.0 Å². The topological polar surface area (TPSA) is 68.5 Å². The molecule has 1 aliphatic heterocycles. The number of aromatic nitrogens is 2. The summed E-state index contributed by atoms with van der Waals surface area (Å²) in [6.07, 6.45) is 3.92. The van der Waals surface area contributed by atoms with Crippen molar-refractivity contribution in [2.24, 2.45) is 5.92 Å². The summed E-state index contributed by atoms with van der Waals surface area (Å²) in [6, 6.07) is 0. The van der Waals surface area contributed by atoms with E-state index in [1.807, 2.05) is 0 Å². The van der Waals surface area contributed by atoms with E-state index >= 15 is 0 Å². The van der Waals surface area contributed by atoms with Crippen LogP contribution in [0.2, 0.25) is 0 Å². The highest BCUT2D eigenvalue weighted by Gasteiger charge is 2.20. The van der Waals surface area contributed by atoms with Gasteiger partial charge in [-0.3, -0.25) is 4.79 Å². The Hall–Kier alpha value is -1.43. The summed E-state index contributed by atoms with van der Waals surface area (Å²) in [4.78, 5) is 17.4. The first-order valence-electron chi connectivity index (χ1n) is 5.82. The van der Waals surface area contributed by atoms with E-state index in [1.54, 1.807) is 11.9 Å². The van der Waals surface area contributed by atoms with Gasteiger partial charge in [-0.25, -0.2) is 0 Å². The SMILES string of the molecule is CN(Cc1ncon1)C(=O)C[C@@H]1CCCOC1. The van der Waals surface area contributed by atoms with Gasteiger partial charge in [0.15, 0.2) is 5.82 Å². The fraction of sp³-hybridized carbons (Fsp3) is 0.727. The van der Waals surface area contributed by atoms with Crippen molar-refractivity contribution < 1.29 is 14.1 Å². The largest absolute Gasteiger partial charge is 0.381 e. The molecular formula is C11H17N3O3. The zero-order chi connectivity index (χ0) is 12.1. The molecule has 0 aliphatic carbocycles. The summed E-state index contributed by atoms with van der Waals surface area (Å²) >= 11 is 0. The van der Waals surface area contributed by atoms with Gasteiger partial charge in [0.25, 0.3) is 0 Å². The highest BCUT2D eigenvalue weighted by Crippen LogP contribution is 2.18. The fourth-order valence-electron chi connectivity index (χ4n) is 1.93. The zero-order valence-corrected chi connectivity index (χ0v) is 9.96. The van der Waals surface area contributed by atoms with E-state index in [0.29, 0.717) is 31.3 Å². The molecule has 6 heteroatoms. The third kappa shape index (κ3) is 3.52. The van der Waals surface area contributed by atoms with E-state index in [4.69, 9.17) is 4.74 Å². The molecule has 1 aromatic rings. The summed E-state index contributed by atoms with van der Waals surface area (Å²) in [6.45, 7) is 1.91. The molecule has 0 radical (unpaired) electrons. The molecule has 0 saturated carbocycles. The number of rotatable bonds is 4. The van der Waals surface area contributed by atoms with Crippen molar-refractivity contribution >= 4 is 5.91 Å². The highest BCUT2D eigenvalue weighted by atomic mass is 16.5. The normalized spacial score (nSPS) is 20.2. The monoisotopic (exact) mass is 239 g/mol. The number of carbonyl (C=O) groups excluding carboxylic acids is 1. The van der Waals surface area contributed by atoms with E-state index in [9.17, 15) is 4.79 Å². The van der Waals surface area contributed by atoms with E-state index in [2.05, 4.69) is 14.7 Å². The molecule has 2 rings (SSSR count). The third-order valence-corrected chi connectivity index (χ3v) is 2.93. The van der Waals surface area contributed by atoms with Crippen LogP contribution in [0.3, 0.4) is 0 Å². The van der Waals surface area contributed by atoms with Crippen LogP contribution in [0.15, 0.2) is 10.9 Å². The molecule has 2 heterocycles. The highest BCUT2D eigenvalue weighted by molar-refractivity contribution is 5.76. The maximum atomic E-state index is 11.9. The lowest BCUT2D eigenvalue weighted by atomic mass is 9.98. The second-order valence-corrected chi connectivity index (χ2v) is 4.38. The van der Waals surface area contributed by atoms with Gasteiger partial charge in [-0.05, 0) is 18.8 Å². The van der Waals surface area contributed by atoms with Gasteiger partial charge in [0.05, 0.1) is 6.54 Å². The molecule has 1 amide bonds. The molecule has 17 heavy (non-hydrogen) atoms. The molecule has 0 unspecified atom stereocenters. The molecule has 0 aromatic carbocycles. The van der Waals surface area contributed by atoms with E-state index in [1.165, 1.54) is 6.39 Å². The molecule has 6 nitrogen and oxygen atoms in total. The smallest absolute Gasteiger partial charge is 0.223 e. The Bertz CT molecular complexity index is 347. The van der Waals surface area contributed by atoms with Gasteiger partial charge in [0.1, 0.15) is 0 Å². The van der Waals surface area contributed by atoms with Crippen LogP contribution in [0.25, 0.3) is 0 Å². The van der Waals surface area contributed by atoms with Gasteiger partial charge in [-0.15, -0.1) is 0 Å². The summed E-state index contributed by atoms with van der Waals surface area (Å²) in [5.41, 5.74) is 0. The second kappa shape index (κ2) is 5.77. The van der Waals surface area contributed by atoms with Crippen molar-refractivity contribution in [2.75, 3.05) is 20.3 Å². The van der Waals surface area contributed by atoms with Gasteiger partial charge >= 0.3 is 0 Å². The number of carbonyl (C=O) groups is 1. The van der Waals surface area contributed by atoms with Gasteiger partial charge in [-0.1, -0.05) is 5.16 Å². The molecule has 1 aromatic heterocycles. The Morgan fingerprint density at radius 3 is 3.18 bits per heavy atom. The van der Waals surface area contributed by atoms with Crippen molar-refractivity contribution in [3.8, 4) is 0 Å². The van der Waals surface area contributed by atoms with Crippen LogP contribution in [0, 0.1) is 5.92 Å². The van der Waals surface area contributed by atoms with Crippen molar-refractivity contribution in [3.63, 3.8) is 0 Å². The van der Waals surface area contributed by atoms with E-state index in [0.717, 1.165) is 19.4 Å². The Morgan fingerprint density at radius 2 is 2.53 bits per heavy atom. The first-order valence-corrected chi connectivity index (χ1v) is 5.82. The Kier molecular flexibility index (Phi) is 4.08. The summed E-state index contributed by atoms with van der Waals surface area (Å²) in [5.74, 6) is 0.981. The summed E-state index contributed by atoms with van der Waals surface area (Å²) < 4.78 is 9.98. The summed E-state index contributed by atoms with van der Waals surface area (Å²) in [7, 11) is 1.75. The van der Waals surface area contributed by atoms with E-state index < -0.39 is 0 Å². The van der Waals surface area contributed by atoms with Crippen LogP contribution >= 0.6 is 0 Å². The lowest BCUT2D eigenvalue weighted by Gasteiger charge is -2.23. The maximum absolute atomic E-state index is 11.9. The minimum atomic E-state index is 0.102. The first-order chi connectivity index (χ1) is 8.25. The minimum Gasteiger partial charge on any atom is -0.381 e. The third-order valence-electron chi connectivity index (χ3n) is 2.93. The maximum Gasteiger partial charge on any atom is 0.223 e. The molecule has 94 valence electrons. The average molecular weight is 239 g/mol. The molecule has 0 spiro atoms. The second-order valence-electron chi connectivity index (χ2n) is 4.38. The Labute approximate surface area is 99.9 Å². The zero-order valence-electron chi connectivity index (χ0n) is 9.96. The van der Waals surface area contributed by atoms with Crippen LogP contribution in [0.4, 0.5) is 0 Å². The number of hydrogen-bond acceptors (Lipinski definition) is 5. The van der Waals surface area contributed by atoms with Gasteiger partial charge in [0, 0.05) is 26.7 Å². The lowest BCUT2D eigenvalue weighted by Crippen LogP contribution is -2.30. The predicted molar refractivity (Wildman–Crippen MR) is 58.9 cm³/mol. The molecule has 1 saturated heterocycles. The molecule has 1 atom stereocenters. The number of nitrogens with zero attached hydrogens (tertiary/aromatic N) is 3. The Morgan fingerprint density at radius 1 is 1.65 bits per heavy atom. The minimum absolute atomic E-state index is 0.102. The molecule has 0 bridgehead atoms. The van der Waals surface area contributed by atoms with Gasteiger partial charge in [-0.2, -0.15) is 4.98 Å². The summed E-state index contributed by atoms with van der Waals surface area (Å²) in [5, 5.41) is 3.68. The van der Waals surface area contributed by atoms with Crippen molar-refractivity contribution in [3.05, 3.63) is 12.2 Å². The lowest BCUT2D eigenvalue weighted by molar-refractivity contribution is -0.132. The number of ether oxygens (including phenoxy) is 1. The average Bonchev–Trinajstić information content (AvgIpc) is 2.83. The molecule has 1 fully saturated rings. The predicted octanol–water partition coefficient (Wildman–Crippen LogP) is 0.845. The van der Waals surface area contributed by atoms with Crippen LogP contribution in [-0.2, 0) is 16.1 Å². The van der Waals surface area contributed by atoms with Crippen LogP contribution in [0.5, 0.6) is 0 Å². The fourth-order valence-corrected chi connectivity index (χ4v) is 1.93. The van der Waals surface area contributed by atoms with Crippen LogP contribution < -0.4 is 0 Å². The molecule has 1 aliphatic rings. The van der Waals surface area contributed by atoms with Gasteiger partial charge in [0.2, 0.25) is 12.3 Å². The number of hydrogen-bond donors (Lipinski definition) is 0. The van der Waals surface area contributed by atoms with Crippen LogP contribution in [-0.4, -0.2) is 41.2 Å². The Balaban J connectivity index is 1.78. The van der Waals surface area contributed by atoms with Crippen LogP contribution in [0.1, 0.15) is 25.1 Å². The number of amides is 1. The van der Waals surface area contributed by atoms with Gasteiger partial charge < -0.3 is 14.2 Å². The van der Waals surface area contributed by atoms with Crippen molar-refractivity contribution in [1.29, 1.82) is 0 Å². The molecular weight excluding hydrogens is 222 g/mol. The quantitative estimate of drug-likeness (QED) is 0.779. The van der Waals surface area contributed by atoms with Crippen molar-refractivity contribution in [2.45, 2.75) is 25.8 Å². The van der Waals surface area contributed by atoms with E-state index in [-0.39, 0.29) is 5.91 Å². The first kappa shape index (κ1) is 12.0. The standard InChI is InChI=1S/C11H17N3O3/c1-14(6-10-12-8-17-13-10)11(15)5-9-3-2-4-16-7-9/h8-9H,2-7H2,1H3/t9-/m0/s1. The molecule has 0 N–H and O–H groups in total.